The number of benzene rings is 2. The Morgan fingerprint density at radius 3 is 2.19 bits per heavy atom. The van der Waals surface area contributed by atoms with Gasteiger partial charge in [-0.05, 0) is 42.8 Å². The van der Waals surface area contributed by atoms with Crippen LogP contribution >= 0.6 is 11.6 Å². The van der Waals surface area contributed by atoms with Crippen LogP contribution in [0.1, 0.15) is 12.5 Å². The van der Waals surface area contributed by atoms with E-state index in [2.05, 4.69) is 9.97 Å². The van der Waals surface area contributed by atoms with E-state index in [0.29, 0.717) is 17.7 Å². The van der Waals surface area contributed by atoms with Crippen LogP contribution in [-0.4, -0.2) is 9.97 Å². The van der Waals surface area contributed by atoms with Crippen LogP contribution in [0, 0.1) is 11.6 Å². The lowest BCUT2D eigenvalue weighted by Crippen LogP contribution is -2.13. The van der Waals surface area contributed by atoms with Gasteiger partial charge >= 0.3 is 6.01 Å². The highest BCUT2D eigenvalue weighted by Crippen LogP contribution is 2.31. The van der Waals surface area contributed by atoms with E-state index >= 15 is 0 Å². The van der Waals surface area contributed by atoms with Gasteiger partial charge in [-0.2, -0.15) is 0 Å². The molecule has 2 aromatic carbocycles. The van der Waals surface area contributed by atoms with E-state index in [1.54, 1.807) is 0 Å². The van der Waals surface area contributed by atoms with Crippen molar-refractivity contribution in [1.82, 2.24) is 9.97 Å². The molecular weight excluding hydrogens is 366 g/mol. The number of rotatable bonds is 5. The smallest absolute Gasteiger partial charge is 0.301 e. The maximum Gasteiger partial charge on any atom is 0.301 e. The molecule has 0 spiro atoms. The molecule has 1 aromatic heterocycles. The molecule has 134 valence electrons. The Hall–Kier alpha value is -2.93. The highest BCUT2D eigenvalue weighted by molar-refractivity contribution is 6.30. The van der Waals surface area contributed by atoms with E-state index < -0.39 is 17.4 Å². The maximum atomic E-state index is 13.7. The molecule has 3 rings (SSSR count). The van der Waals surface area contributed by atoms with Crippen LogP contribution in [0.2, 0.25) is 5.02 Å². The summed E-state index contributed by atoms with van der Waals surface area (Å²) in [6.45, 7) is 1.85. The zero-order chi connectivity index (χ0) is 18.7. The predicted octanol–water partition coefficient (Wildman–Crippen LogP) is 4.85. The van der Waals surface area contributed by atoms with Gasteiger partial charge in [0, 0.05) is 16.8 Å². The first kappa shape index (κ1) is 17.9. The molecule has 0 aliphatic heterocycles. The van der Waals surface area contributed by atoms with Gasteiger partial charge in [0.05, 0.1) is 0 Å². The third-order valence-electron chi connectivity index (χ3n) is 3.45. The van der Waals surface area contributed by atoms with E-state index in [1.807, 2.05) is 6.92 Å². The molecule has 26 heavy (non-hydrogen) atoms. The van der Waals surface area contributed by atoms with Crippen LogP contribution in [0.15, 0.2) is 47.4 Å². The minimum atomic E-state index is -0.909. The molecule has 0 amide bonds. The van der Waals surface area contributed by atoms with Crippen molar-refractivity contribution in [1.29, 1.82) is 0 Å². The molecule has 1 N–H and O–H groups in total. The first-order chi connectivity index (χ1) is 12.5. The number of hydrogen-bond donors (Lipinski definition) is 1. The van der Waals surface area contributed by atoms with E-state index in [1.165, 1.54) is 30.5 Å². The Balaban J connectivity index is 1.75. The number of halogens is 3. The number of aromatic amines is 1. The third-order valence-corrected chi connectivity index (χ3v) is 3.67. The van der Waals surface area contributed by atoms with Crippen molar-refractivity contribution in [2.75, 3.05) is 0 Å². The van der Waals surface area contributed by atoms with Crippen molar-refractivity contribution in [2.45, 2.75) is 13.3 Å². The SMILES string of the molecule is CCc1cnc(Oc2ccc(Oc3c(F)cc(Cl)cc3F)cc2)[nH]c1=O. The summed E-state index contributed by atoms with van der Waals surface area (Å²) in [6, 6.07) is 7.89. The standard InChI is InChI=1S/C18H13ClF2N2O3/c1-2-10-9-22-18(23-17(10)24)26-13-5-3-12(4-6-13)25-16-14(20)7-11(19)8-15(16)21/h3-9H,2H2,1H3,(H,22,23,24). The summed E-state index contributed by atoms with van der Waals surface area (Å²) in [5.41, 5.74) is 0.277. The summed E-state index contributed by atoms with van der Waals surface area (Å²) in [6.07, 6.45) is 2.00. The van der Waals surface area contributed by atoms with Crippen LogP contribution in [0.5, 0.6) is 23.3 Å². The second-order valence-corrected chi connectivity index (χ2v) is 5.71. The molecule has 8 heteroatoms. The lowest BCUT2D eigenvalue weighted by atomic mass is 10.3. The second-order valence-electron chi connectivity index (χ2n) is 5.27. The molecule has 0 aliphatic rings. The second kappa shape index (κ2) is 7.53. The number of aromatic nitrogens is 2. The molecule has 5 nitrogen and oxygen atoms in total. The van der Waals surface area contributed by atoms with Gasteiger partial charge < -0.3 is 9.47 Å². The molecule has 0 saturated carbocycles. The highest BCUT2D eigenvalue weighted by atomic mass is 35.5. The fourth-order valence-corrected chi connectivity index (χ4v) is 2.33. The van der Waals surface area contributed by atoms with Gasteiger partial charge in [-0.3, -0.25) is 9.78 Å². The van der Waals surface area contributed by atoms with Gasteiger partial charge in [-0.1, -0.05) is 18.5 Å². The number of H-pyrrole nitrogens is 1. The van der Waals surface area contributed by atoms with Crippen LogP contribution < -0.4 is 15.0 Å². The van der Waals surface area contributed by atoms with Crippen molar-refractivity contribution in [3.05, 3.63) is 75.2 Å². The summed E-state index contributed by atoms with van der Waals surface area (Å²) < 4.78 is 38.1. The number of aryl methyl sites for hydroxylation is 1. The largest absolute Gasteiger partial charge is 0.451 e. The summed E-state index contributed by atoms with van der Waals surface area (Å²) in [4.78, 5) is 18.3. The topological polar surface area (TPSA) is 64.2 Å². The van der Waals surface area contributed by atoms with Crippen LogP contribution in [0.3, 0.4) is 0 Å². The summed E-state index contributed by atoms with van der Waals surface area (Å²) in [5, 5.41) is -0.0633. The predicted molar refractivity (Wildman–Crippen MR) is 92.2 cm³/mol. The minimum absolute atomic E-state index is 0.0376. The molecule has 0 saturated heterocycles. The lowest BCUT2D eigenvalue weighted by Gasteiger charge is -2.09. The molecule has 0 bridgehead atoms. The number of hydrogen-bond acceptors (Lipinski definition) is 4. The minimum Gasteiger partial charge on any atom is -0.451 e. The quantitative estimate of drug-likeness (QED) is 0.689. The highest BCUT2D eigenvalue weighted by Gasteiger charge is 2.13. The van der Waals surface area contributed by atoms with Crippen molar-refractivity contribution >= 4 is 11.6 Å². The van der Waals surface area contributed by atoms with Gasteiger partial charge in [0.2, 0.25) is 0 Å². The average molecular weight is 379 g/mol. The Kier molecular flexibility index (Phi) is 5.18. The van der Waals surface area contributed by atoms with Gasteiger partial charge in [-0.15, -0.1) is 0 Å². The summed E-state index contributed by atoms with van der Waals surface area (Å²) in [7, 11) is 0. The number of nitrogens with one attached hydrogen (secondary N) is 1. The van der Waals surface area contributed by atoms with Gasteiger partial charge in [0.25, 0.3) is 5.56 Å². The Bertz CT molecular complexity index is 967. The Labute approximate surface area is 152 Å². The van der Waals surface area contributed by atoms with Gasteiger partial charge in [0.1, 0.15) is 11.5 Å². The monoisotopic (exact) mass is 378 g/mol. The number of ether oxygens (including phenoxy) is 2. The van der Waals surface area contributed by atoms with Crippen LogP contribution in [-0.2, 0) is 6.42 Å². The van der Waals surface area contributed by atoms with Crippen LogP contribution in [0.4, 0.5) is 8.78 Å². The van der Waals surface area contributed by atoms with E-state index in [0.717, 1.165) is 12.1 Å². The van der Waals surface area contributed by atoms with Crippen molar-refractivity contribution in [3.8, 4) is 23.3 Å². The first-order valence-electron chi connectivity index (χ1n) is 7.64. The summed E-state index contributed by atoms with van der Waals surface area (Å²) in [5.74, 6) is -1.81. The van der Waals surface area contributed by atoms with E-state index in [-0.39, 0.29) is 22.3 Å². The zero-order valence-corrected chi connectivity index (χ0v) is 14.3. The maximum absolute atomic E-state index is 13.7. The van der Waals surface area contributed by atoms with Crippen molar-refractivity contribution in [3.63, 3.8) is 0 Å². The Morgan fingerprint density at radius 1 is 1.08 bits per heavy atom. The molecule has 0 fully saturated rings. The molecule has 0 atom stereocenters. The zero-order valence-electron chi connectivity index (χ0n) is 13.6. The van der Waals surface area contributed by atoms with E-state index in [9.17, 15) is 13.6 Å². The summed E-state index contributed by atoms with van der Waals surface area (Å²) >= 11 is 5.57. The fourth-order valence-electron chi connectivity index (χ4n) is 2.14. The molecule has 0 aliphatic carbocycles. The molecule has 0 radical (unpaired) electrons. The van der Waals surface area contributed by atoms with Gasteiger partial charge in [0.15, 0.2) is 17.4 Å². The van der Waals surface area contributed by atoms with Gasteiger partial charge in [-0.25, -0.2) is 13.8 Å². The fraction of sp³-hybridized carbons (Fsp3) is 0.111. The van der Waals surface area contributed by atoms with Crippen molar-refractivity contribution in [2.24, 2.45) is 0 Å². The Morgan fingerprint density at radius 2 is 1.65 bits per heavy atom. The third kappa shape index (κ3) is 4.00. The van der Waals surface area contributed by atoms with E-state index in [4.69, 9.17) is 21.1 Å². The molecule has 0 unspecified atom stereocenters. The van der Waals surface area contributed by atoms with Crippen LogP contribution in [0.25, 0.3) is 0 Å². The molecule has 3 aromatic rings. The first-order valence-corrected chi connectivity index (χ1v) is 8.02. The normalized spacial score (nSPS) is 10.6. The average Bonchev–Trinajstić information content (AvgIpc) is 2.60. The molecule has 1 heterocycles. The van der Waals surface area contributed by atoms with Crippen molar-refractivity contribution < 1.29 is 18.3 Å². The lowest BCUT2D eigenvalue weighted by molar-refractivity contribution is 0.405. The number of nitrogens with zero attached hydrogens (tertiary/aromatic N) is 1. The molecular formula is C18H13ClF2N2O3.